The van der Waals surface area contributed by atoms with E-state index in [1.165, 1.54) is 0 Å². The van der Waals surface area contributed by atoms with Crippen LogP contribution in [0, 0.1) is 5.41 Å². The number of amides is 1. The quantitative estimate of drug-likeness (QED) is 0.584. The van der Waals surface area contributed by atoms with Gasteiger partial charge >= 0.3 is 0 Å². The molecule has 1 amide bonds. The van der Waals surface area contributed by atoms with Crippen molar-refractivity contribution < 1.29 is 13.6 Å². The summed E-state index contributed by atoms with van der Waals surface area (Å²) in [5.41, 5.74) is 4.04. The van der Waals surface area contributed by atoms with Crippen LogP contribution in [0.25, 0.3) is 0 Å². The van der Waals surface area contributed by atoms with E-state index >= 15 is 0 Å². The zero-order valence-electron chi connectivity index (χ0n) is 6.44. The Morgan fingerprint density at radius 1 is 1.58 bits per heavy atom. The van der Waals surface area contributed by atoms with E-state index in [1.807, 2.05) is 0 Å². The van der Waals surface area contributed by atoms with Crippen LogP contribution in [0.1, 0.15) is 12.8 Å². The third kappa shape index (κ3) is 0.857. The van der Waals surface area contributed by atoms with Crippen LogP contribution in [0.2, 0.25) is 0 Å². The van der Waals surface area contributed by atoms with Gasteiger partial charge in [-0.3, -0.25) is 4.79 Å². The average molecular weight is 176 g/mol. The van der Waals surface area contributed by atoms with Crippen molar-refractivity contribution in [3.63, 3.8) is 0 Å². The number of hydrogen-bond donors (Lipinski definition) is 2. The molecule has 1 saturated carbocycles. The Morgan fingerprint density at radius 3 is 2.42 bits per heavy atom. The van der Waals surface area contributed by atoms with Crippen LogP contribution < -0.4 is 11.1 Å². The van der Waals surface area contributed by atoms with Gasteiger partial charge < -0.3 is 11.1 Å². The molecule has 2 fully saturated rings. The maximum atomic E-state index is 12.7. The Bertz CT molecular complexity index is 244. The van der Waals surface area contributed by atoms with E-state index < -0.39 is 23.3 Å². The van der Waals surface area contributed by atoms with Crippen molar-refractivity contribution in [3.8, 4) is 0 Å². The van der Waals surface area contributed by atoms with Crippen LogP contribution in [-0.4, -0.2) is 24.4 Å². The van der Waals surface area contributed by atoms with Crippen LogP contribution in [-0.2, 0) is 4.79 Å². The van der Waals surface area contributed by atoms with Crippen molar-refractivity contribution in [2.75, 3.05) is 6.54 Å². The molecule has 12 heavy (non-hydrogen) atoms. The van der Waals surface area contributed by atoms with Crippen LogP contribution >= 0.6 is 0 Å². The molecule has 3 N–H and O–H groups in total. The van der Waals surface area contributed by atoms with Gasteiger partial charge in [0.15, 0.2) is 0 Å². The highest BCUT2D eigenvalue weighted by atomic mass is 19.3. The van der Waals surface area contributed by atoms with Crippen molar-refractivity contribution in [1.82, 2.24) is 5.32 Å². The number of alkyl halides is 2. The van der Waals surface area contributed by atoms with E-state index in [1.54, 1.807) is 0 Å². The molecule has 0 bridgehead atoms. The zero-order chi connectivity index (χ0) is 8.98. The number of carbonyl (C=O) groups is 1. The molecule has 68 valence electrons. The third-order valence-corrected chi connectivity index (χ3v) is 2.84. The van der Waals surface area contributed by atoms with Gasteiger partial charge in [-0.1, -0.05) is 0 Å². The first kappa shape index (κ1) is 7.91. The molecule has 1 aliphatic carbocycles. The highest BCUT2D eigenvalue weighted by molar-refractivity contribution is 5.80. The Morgan fingerprint density at radius 2 is 2.17 bits per heavy atom. The summed E-state index contributed by atoms with van der Waals surface area (Å²) in [5.74, 6) is -3.11. The summed E-state index contributed by atoms with van der Waals surface area (Å²) in [6, 6.07) is -0.557. The van der Waals surface area contributed by atoms with Gasteiger partial charge in [-0.25, -0.2) is 8.78 Å². The van der Waals surface area contributed by atoms with E-state index in [-0.39, 0.29) is 19.4 Å². The van der Waals surface area contributed by atoms with Gasteiger partial charge in [0.1, 0.15) is 0 Å². The van der Waals surface area contributed by atoms with Crippen molar-refractivity contribution in [2.24, 2.45) is 11.1 Å². The monoisotopic (exact) mass is 176 g/mol. The standard InChI is InChI=1S/C7H10F2N2O/c8-7(9)2-6(7)1-4(5(10)12)11-3-6/h4,11H,1-3H2,(H2,10,12)/t4-,6-/m0/s1. The Hall–Kier alpha value is -0.710. The Labute approximate surface area is 68.3 Å². The van der Waals surface area contributed by atoms with Gasteiger partial charge in [0, 0.05) is 13.0 Å². The van der Waals surface area contributed by atoms with Gasteiger partial charge in [-0.05, 0) is 6.42 Å². The lowest BCUT2D eigenvalue weighted by molar-refractivity contribution is -0.119. The molecule has 1 heterocycles. The molecular weight excluding hydrogens is 166 g/mol. The van der Waals surface area contributed by atoms with E-state index in [9.17, 15) is 13.6 Å². The topological polar surface area (TPSA) is 55.1 Å². The minimum absolute atomic E-state index is 0.100. The largest absolute Gasteiger partial charge is 0.368 e. The maximum absolute atomic E-state index is 12.7. The molecule has 0 aromatic heterocycles. The van der Waals surface area contributed by atoms with Gasteiger partial charge in [0.05, 0.1) is 11.5 Å². The first-order chi connectivity index (χ1) is 5.47. The van der Waals surface area contributed by atoms with E-state index in [0.29, 0.717) is 0 Å². The Balaban J connectivity index is 2.05. The molecule has 2 rings (SSSR count). The van der Waals surface area contributed by atoms with Crippen LogP contribution in [0.3, 0.4) is 0 Å². The van der Waals surface area contributed by atoms with Crippen LogP contribution in [0.15, 0.2) is 0 Å². The molecule has 1 spiro atoms. The summed E-state index contributed by atoms with van der Waals surface area (Å²) in [4.78, 5) is 10.6. The minimum atomic E-state index is -2.58. The molecule has 0 unspecified atom stereocenters. The fourth-order valence-corrected chi connectivity index (χ4v) is 1.85. The van der Waals surface area contributed by atoms with E-state index in [4.69, 9.17) is 5.73 Å². The van der Waals surface area contributed by atoms with Crippen molar-refractivity contribution in [3.05, 3.63) is 0 Å². The molecular formula is C7H10F2N2O. The smallest absolute Gasteiger partial charge is 0.255 e. The number of nitrogens with two attached hydrogens (primary N) is 1. The van der Waals surface area contributed by atoms with Crippen molar-refractivity contribution >= 4 is 5.91 Å². The molecule has 5 heteroatoms. The number of rotatable bonds is 1. The summed E-state index contributed by atoms with van der Waals surface area (Å²) >= 11 is 0. The lowest BCUT2D eigenvalue weighted by Gasteiger charge is -2.05. The molecule has 0 aromatic rings. The molecule has 2 aliphatic rings. The first-order valence-electron chi connectivity index (χ1n) is 3.87. The summed E-state index contributed by atoms with van der Waals surface area (Å²) < 4.78 is 25.5. The molecule has 1 aliphatic heterocycles. The predicted molar refractivity (Wildman–Crippen MR) is 37.6 cm³/mol. The highest BCUT2D eigenvalue weighted by Crippen LogP contribution is 2.64. The maximum Gasteiger partial charge on any atom is 0.255 e. The summed E-state index contributed by atoms with van der Waals surface area (Å²) in [7, 11) is 0. The summed E-state index contributed by atoms with van der Waals surface area (Å²) in [6.45, 7) is 0.216. The summed E-state index contributed by atoms with van der Waals surface area (Å²) in [5, 5.41) is 2.71. The minimum Gasteiger partial charge on any atom is -0.368 e. The van der Waals surface area contributed by atoms with Crippen molar-refractivity contribution in [2.45, 2.75) is 24.8 Å². The first-order valence-corrected chi connectivity index (χ1v) is 3.87. The van der Waals surface area contributed by atoms with E-state index in [2.05, 4.69) is 5.32 Å². The second kappa shape index (κ2) is 1.96. The average Bonchev–Trinajstić information content (AvgIpc) is 2.38. The number of halogens is 2. The number of primary amides is 1. The third-order valence-electron chi connectivity index (χ3n) is 2.84. The number of carbonyl (C=O) groups excluding carboxylic acids is 1. The van der Waals surface area contributed by atoms with E-state index in [0.717, 1.165) is 0 Å². The number of hydrogen-bond acceptors (Lipinski definition) is 2. The molecule has 1 saturated heterocycles. The molecule has 3 nitrogen and oxygen atoms in total. The van der Waals surface area contributed by atoms with Crippen LogP contribution in [0.5, 0.6) is 0 Å². The lowest BCUT2D eigenvalue weighted by Crippen LogP contribution is -2.36. The second-order valence-corrected chi connectivity index (χ2v) is 3.70. The highest BCUT2D eigenvalue weighted by Gasteiger charge is 2.73. The van der Waals surface area contributed by atoms with Gasteiger partial charge in [-0.2, -0.15) is 0 Å². The Kier molecular flexibility index (Phi) is 1.29. The molecule has 2 atom stereocenters. The van der Waals surface area contributed by atoms with Crippen LogP contribution in [0.4, 0.5) is 8.78 Å². The fourth-order valence-electron chi connectivity index (χ4n) is 1.85. The normalized spacial score (nSPS) is 43.3. The van der Waals surface area contributed by atoms with Gasteiger partial charge in [0.2, 0.25) is 5.91 Å². The molecule has 0 aromatic carbocycles. The predicted octanol–water partition coefficient (Wildman–Crippen LogP) is -0.141. The SMILES string of the molecule is NC(=O)[C@@H]1C[C@@]2(CN1)CC2(F)F. The van der Waals surface area contributed by atoms with Gasteiger partial charge in [0.25, 0.3) is 5.92 Å². The fraction of sp³-hybridized carbons (Fsp3) is 0.857. The zero-order valence-corrected chi connectivity index (χ0v) is 6.44. The summed E-state index contributed by atoms with van der Waals surface area (Å²) in [6.07, 6.45) is 0.0894. The second-order valence-electron chi connectivity index (χ2n) is 3.70. The molecule has 0 radical (unpaired) electrons. The van der Waals surface area contributed by atoms with Gasteiger partial charge in [-0.15, -0.1) is 0 Å². The van der Waals surface area contributed by atoms with Crippen molar-refractivity contribution in [1.29, 1.82) is 0 Å². The lowest BCUT2D eigenvalue weighted by atomic mass is 10.0. The number of nitrogens with one attached hydrogen (secondary N) is 1.